The first kappa shape index (κ1) is 21.1. The molecule has 8 nitrogen and oxygen atoms in total. The normalized spacial score (nSPS) is 16.4. The molecule has 0 heterocycles. The number of nitro benzene ring substituents is 1. The van der Waals surface area contributed by atoms with Crippen molar-refractivity contribution in [3.63, 3.8) is 0 Å². The van der Waals surface area contributed by atoms with Crippen LogP contribution in [0.25, 0.3) is 0 Å². The zero-order valence-corrected chi connectivity index (χ0v) is 17.7. The van der Waals surface area contributed by atoms with E-state index in [0.717, 1.165) is 35.8 Å². The van der Waals surface area contributed by atoms with E-state index in [0.29, 0.717) is 23.7 Å². The largest absolute Gasteiger partial charge is 0.496 e. The number of nitro groups is 1. The summed E-state index contributed by atoms with van der Waals surface area (Å²) in [6.45, 7) is 1.61. The van der Waals surface area contributed by atoms with Gasteiger partial charge < -0.3 is 9.64 Å². The summed E-state index contributed by atoms with van der Waals surface area (Å²) < 4.78 is 34.2. The van der Waals surface area contributed by atoms with Gasteiger partial charge in [0.25, 0.3) is 15.7 Å². The molecule has 0 saturated heterocycles. The molecule has 0 aromatic heterocycles. The molecule has 156 valence electrons. The minimum atomic E-state index is -3.99. The van der Waals surface area contributed by atoms with E-state index in [2.05, 4.69) is 9.62 Å². The number of fused-ring (bicyclic) bond motifs is 1. The Bertz CT molecular complexity index is 1050. The Morgan fingerprint density at radius 1 is 1.21 bits per heavy atom. The van der Waals surface area contributed by atoms with Crippen LogP contribution in [0.5, 0.6) is 5.75 Å². The molecule has 0 amide bonds. The van der Waals surface area contributed by atoms with Crippen molar-refractivity contribution in [3.8, 4) is 5.75 Å². The third-order valence-corrected chi connectivity index (χ3v) is 6.93. The lowest BCUT2D eigenvalue weighted by Gasteiger charge is -2.32. The summed E-state index contributed by atoms with van der Waals surface area (Å²) in [5.41, 5.74) is 2.58. The molecule has 1 aliphatic carbocycles. The fourth-order valence-electron chi connectivity index (χ4n) is 3.75. The number of sulfonamides is 1. The van der Waals surface area contributed by atoms with Gasteiger partial charge in [-0.1, -0.05) is 6.07 Å². The molecule has 1 N–H and O–H groups in total. The summed E-state index contributed by atoms with van der Waals surface area (Å²) in [5.74, 6) is 0.737. The van der Waals surface area contributed by atoms with E-state index in [1.165, 1.54) is 12.1 Å². The number of hydrogen-bond donors (Lipinski definition) is 1. The van der Waals surface area contributed by atoms with Crippen molar-refractivity contribution in [2.75, 3.05) is 25.9 Å². The molecule has 1 unspecified atom stereocenters. The van der Waals surface area contributed by atoms with Gasteiger partial charge >= 0.3 is 0 Å². The Kier molecular flexibility index (Phi) is 5.81. The number of non-ortho nitro benzene ring substituents is 1. The van der Waals surface area contributed by atoms with Crippen LogP contribution in [0.3, 0.4) is 0 Å². The molecule has 0 radical (unpaired) electrons. The van der Waals surface area contributed by atoms with Crippen LogP contribution in [-0.4, -0.2) is 45.5 Å². The molecule has 3 rings (SSSR count). The number of aryl methyl sites for hydroxylation is 1. The zero-order valence-electron chi connectivity index (χ0n) is 16.9. The van der Waals surface area contributed by atoms with Crippen molar-refractivity contribution in [2.45, 2.75) is 37.1 Å². The van der Waals surface area contributed by atoms with E-state index in [4.69, 9.17) is 4.74 Å². The van der Waals surface area contributed by atoms with Crippen molar-refractivity contribution in [1.82, 2.24) is 4.90 Å². The lowest BCUT2D eigenvalue weighted by Crippen LogP contribution is -2.34. The van der Waals surface area contributed by atoms with E-state index < -0.39 is 14.9 Å². The van der Waals surface area contributed by atoms with Gasteiger partial charge in [0.15, 0.2) is 0 Å². The highest BCUT2D eigenvalue weighted by atomic mass is 32.2. The van der Waals surface area contributed by atoms with Crippen LogP contribution >= 0.6 is 0 Å². The third-order valence-electron chi connectivity index (χ3n) is 5.42. The van der Waals surface area contributed by atoms with Gasteiger partial charge in [-0.3, -0.25) is 14.8 Å². The van der Waals surface area contributed by atoms with E-state index in [1.54, 1.807) is 26.2 Å². The van der Waals surface area contributed by atoms with Crippen LogP contribution in [0.2, 0.25) is 0 Å². The number of ether oxygens (including phenoxy) is 1. The summed E-state index contributed by atoms with van der Waals surface area (Å²) in [6, 6.07) is 7.63. The molecule has 0 spiro atoms. The molecular weight excluding hydrogens is 394 g/mol. The van der Waals surface area contributed by atoms with Gasteiger partial charge in [-0.25, -0.2) is 8.42 Å². The first-order valence-corrected chi connectivity index (χ1v) is 10.8. The molecule has 9 heteroatoms. The molecule has 1 atom stereocenters. The Balaban J connectivity index is 2.02. The summed E-state index contributed by atoms with van der Waals surface area (Å²) in [4.78, 5) is 12.5. The molecule has 2 aromatic carbocycles. The summed E-state index contributed by atoms with van der Waals surface area (Å²) in [7, 11) is 1.67. The molecule has 1 aliphatic rings. The first-order chi connectivity index (χ1) is 13.6. The van der Waals surface area contributed by atoms with Crippen LogP contribution < -0.4 is 9.46 Å². The van der Waals surface area contributed by atoms with Gasteiger partial charge in [-0.2, -0.15) is 0 Å². The van der Waals surface area contributed by atoms with E-state index >= 15 is 0 Å². The summed E-state index contributed by atoms with van der Waals surface area (Å²) in [5, 5.41) is 11.1. The van der Waals surface area contributed by atoms with Crippen LogP contribution in [0, 0.1) is 17.0 Å². The Morgan fingerprint density at radius 2 is 1.93 bits per heavy atom. The van der Waals surface area contributed by atoms with Gasteiger partial charge in [0.1, 0.15) is 5.75 Å². The fraction of sp³-hybridized carbons (Fsp3) is 0.400. The smallest absolute Gasteiger partial charge is 0.270 e. The van der Waals surface area contributed by atoms with Gasteiger partial charge in [-0.05, 0) is 63.5 Å². The fourth-order valence-corrected chi connectivity index (χ4v) is 5.11. The van der Waals surface area contributed by atoms with Crippen LogP contribution in [-0.2, 0) is 22.9 Å². The number of nitrogens with zero attached hydrogens (tertiary/aromatic N) is 2. The maximum atomic E-state index is 13.0. The quantitative estimate of drug-likeness (QED) is 0.570. The molecule has 0 saturated carbocycles. The van der Waals surface area contributed by atoms with Gasteiger partial charge in [0, 0.05) is 23.7 Å². The standard InChI is InChI=1S/C20H25N3O5S/c1-13-5-6-15(23(24)25)12-20(13)29(26,27)21-18-9-10-19(28-4)17-11-14(22(2)3)7-8-16(17)18/h5-6,9-10,12,14,21H,7-8,11H2,1-4H3. The SMILES string of the molecule is COc1ccc(NS(=O)(=O)c2cc([N+](=O)[O-])ccc2C)c2c1CC(N(C)C)CC2. The second-order valence-corrected chi connectivity index (χ2v) is 9.10. The average Bonchev–Trinajstić information content (AvgIpc) is 2.67. The van der Waals surface area contributed by atoms with Crippen molar-refractivity contribution in [1.29, 1.82) is 0 Å². The second kappa shape index (κ2) is 8.00. The van der Waals surface area contributed by atoms with Crippen molar-refractivity contribution in [2.24, 2.45) is 0 Å². The minimum Gasteiger partial charge on any atom is -0.496 e. The van der Waals surface area contributed by atoms with Gasteiger partial charge in [0.05, 0.1) is 22.6 Å². The second-order valence-electron chi connectivity index (χ2n) is 7.45. The van der Waals surface area contributed by atoms with Gasteiger partial charge in [-0.15, -0.1) is 0 Å². The third kappa shape index (κ3) is 4.20. The highest BCUT2D eigenvalue weighted by Crippen LogP contribution is 2.37. The minimum absolute atomic E-state index is 0.0988. The maximum absolute atomic E-state index is 13.0. The van der Waals surface area contributed by atoms with Crippen molar-refractivity contribution >= 4 is 21.4 Å². The number of methoxy groups -OCH3 is 1. The molecule has 2 aromatic rings. The zero-order chi connectivity index (χ0) is 21.3. The number of benzene rings is 2. The maximum Gasteiger partial charge on any atom is 0.270 e. The number of rotatable bonds is 6. The lowest BCUT2D eigenvalue weighted by molar-refractivity contribution is -0.385. The van der Waals surface area contributed by atoms with Crippen molar-refractivity contribution in [3.05, 3.63) is 57.1 Å². The molecular formula is C20H25N3O5S. The molecule has 0 fully saturated rings. The topological polar surface area (TPSA) is 102 Å². The number of anilines is 1. The van der Waals surface area contributed by atoms with Crippen LogP contribution in [0.1, 0.15) is 23.1 Å². The molecule has 0 aliphatic heterocycles. The first-order valence-electron chi connectivity index (χ1n) is 9.27. The molecule has 29 heavy (non-hydrogen) atoms. The number of nitrogens with one attached hydrogen (secondary N) is 1. The Labute approximate surface area is 170 Å². The number of hydrogen-bond acceptors (Lipinski definition) is 6. The van der Waals surface area contributed by atoms with E-state index in [1.807, 2.05) is 14.1 Å². The molecule has 0 bridgehead atoms. The average molecular weight is 420 g/mol. The highest BCUT2D eigenvalue weighted by Gasteiger charge is 2.28. The predicted molar refractivity (Wildman–Crippen MR) is 111 cm³/mol. The van der Waals surface area contributed by atoms with E-state index in [-0.39, 0.29) is 10.6 Å². The van der Waals surface area contributed by atoms with Crippen LogP contribution in [0.4, 0.5) is 11.4 Å². The lowest BCUT2D eigenvalue weighted by atomic mass is 9.86. The Hall–Kier alpha value is -2.65. The highest BCUT2D eigenvalue weighted by molar-refractivity contribution is 7.92. The number of likely N-dealkylation sites (N-methyl/N-ethyl adjacent to an activating group) is 1. The summed E-state index contributed by atoms with van der Waals surface area (Å²) in [6.07, 6.45) is 2.37. The van der Waals surface area contributed by atoms with Gasteiger partial charge in [0.2, 0.25) is 0 Å². The monoisotopic (exact) mass is 419 g/mol. The van der Waals surface area contributed by atoms with E-state index in [9.17, 15) is 18.5 Å². The van der Waals surface area contributed by atoms with Crippen molar-refractivity contribution < 1.29 is 18.1 Å². The predicted octanol–water partition coefficient (Wildman–Crippen LogP) is 3.13. The van der Waals surface area contributed by atoms with Crippen LogP contribution in [0.15, 0.2) is 35.2 Å². The summed E-state index contributed by atoms with van der Waals surface area (Å²) >= 11 is 0. The Morgan fingerprint density at radius 3 is 2.55 bits per heavy atom.